The van der Waals surface area contributed by atoms with E-state index in [0.29, 0.717) is 5.92 Å². The summed E-state index contributed by atoms with van der Waals surface area (Å²) in [6.07, 6.45) is 8.21. The average Bonchev–Trinajstić information content (AvgIpc) is 3.04. The highest BCUT2D eigenvalue weighted by Gasteiger charge is 2.15. The van der Waals surface area contributed by atoms with Crippen LogP contribution in [0.15, 0.2) is 42.9 Å². The number of nitrogens with one attached hydrogen (secondary N) is 2. The number of hydrogen-bond acceptors (Lipinski definition) is 3. The average molecular weight is 278 g/mol. The minimum atomic E-state index is 0.650. The number of piperidine rings is 1. The van der Waals surface area contributed by atoms with E-state index in [1.807, 2.05) is 24.7 Å². The number of aromatic nitrogens is 3. The summed E-state index contributed by atoms with van der Waals surface area (Å²) in [5.41, 5.74) is 4.43. The summed E-state index contributed by atoms with van der Waals surface area (Å²) in [4.78, 5) is 12.2. The van der Waals surface area contributed by atoms with E-state index in [0.717, 1.165) is 35.4 Å². The van der Waals surface area contributed by atoms with Crippen molar-refractivity contribution in [3.05, 3.63) is 48.4 Å². The lowest BCUT2D eigenvalue weighted by atomic mass is 9.91. The van der Waals surface area contributed by atoms with Crippen LogP contribution in [0.3, 0.4) is 0 Å². The molecular formula is C17H18N4. The van der Waals surface area contributed by atoms with Gasteiger partial charge in [-0.25, -0.2) is 4.98 Å². The van der Waals surface area contributed by atoms with Crippen molar-refractivity contribution in [3.8, 4) is 11.3 Å². The van der Waals surface area contributed by atoms with E-state index in [9.17, 15) is 0 Å². The predicted molar refractivity (Wildman–Crippen MR) is 84.2 cm³/mol. The van der Waals surface area contributed by atoms with Gasteiger partial charge in [0.25, 0.3) is 0 Å². The molecule has 0 radical (unpaired) electrons. The molecule has 0 atom stereocenters. The van der Waals surface area contributed by atoms with Gasteiger partial charge in [-0.3, -0.25) is 4.98 Å². The fourth-order valence-electron chi connectivity index (χ4n) is 3.15. The lowest BCUT2D eigenvalue weighted by Crippen LogP contribution is -2.26. The first-order valence-electron chi connectivity index (χ1n) is 7.51. The zero-order chi connectivity index (χ0) is 14.1. The third kappa shape index (κ3) is 2.32. The zero-order valence-electron chi connectivity index (χ0n) is 11.8. The van der Waals surface area contributed by atoms with Gasteiger partial charge in [-0.2, -0.15) is 0 Å². The second-order valence-corrected chi connectivity index (χ2v) is 5.60. The van der Waals surface area contributed by atoms with Gasteiger partial charge in [-0.15, -0.1) is 0 Å². The first-order valence-corrected chi connectivity index (χ1v) is 7.51. The van der Waals surface area contributed by atoms with Gasteiger partial charge in [0.1, 0.15) is 5.65 Å². The third-order valence-electron chi connectivity index (χ3n) is 4.33. The van der Waals surface area contributed by atoms with Gasteiger partial charge in [-0.1, -0.05) is 6.07 Å². The van der Waals surface area contributed by atoms with Gasteiger partial charge >= 0.3 is 0 Å². The molecule has 0 spiro atoms. The molecule has 0 unspecified atom stereocenters. The molecule has 0 aliphatic carbocycles. The molecule has 0 aromatic carbocycles. The Kier molecular flexibility index (Phi) is 3.16. The predicted octanol–water partition coefficient (Wildman–Crippen LogP) is 3.09. The van der Waals surface area contributed by atoms with Crippen molar-refractivity contribution in [1.82, 2.24) is 20.3 Å². The molecule has 3 aromatic heterocycles. The number of fused-ring (bicyclic) bond motifs is 1. The molecule has 106 valence electrons. The molecule has 2 N–H and O–H groups in total. The molecule has 4 heterocycles. The molecule has 21 heavy (non-hydrogen) atoms. The molecule has 1 saturated heterocycles. The van der Waals surface area contributed by atoms with Gasteiger partial charge < -0.3 is 10.3 Å². The normalized spacial score (nSPS) is 16.4. The second kappa shape index (κ2) is 5.30. The summed E-state index contributed by atoms with van der Waals surface area (Å²) in [6.45, 7) is 2.22. The molecule has 0 amide bonds. The Labute approximate surface area is 123 Å². The zero-order valence-corrected chi connectivity index (χ0v) is 11.8. The second-order valence-electron chi connectivity index (χ2n) is 5.60. The van der Waals surface area contributed by atoms with Crippen molar-refractivity contribution in [2.24, 2.45) is 0 Å². The summed E-state index contributed by atoms with van der Waals surface area (Å²) in [7, 11) is 0. The summed E-state index contributed by atoms with van der Waals surface area (Å²) < 4.78 is 0. The maximum absolute atomic E-state index is 4.69. The van der Waals surface area contributed by atoms with Gasteiger partial charge in [0.15, 0.2) is 0 Å². The maximum atomic E-state index is 4.69. The fourth-order valence-corrected chi connectivity index (χ4v) is 3.15. The molecule has 1 aliphatic heterocycles. The van der Waals surface area contributed by atoms with Gasteiger partial charge in [0.05, 0.1) is 5.69 Å². The molecule has 1 fully saturated rings. The van der Waals surface area contributed by atoms with Crippen LogP contribution in [0.1, 0.15) is 24.3 Å². The van der Waals surface area contributed by atoms with Crippen LogP contribution in [0.5, 0.6) is 0 Å². The Morgan fingerprint density at radius 1 is 1.00 bits per heavy atom. The van der Waals surface area contributed by atoms with Crippen molar-refractivity contribution in [1.29, 1.82) is 0 Å². The SMILES string of the molecule is c1cc(-c2ccc(C3CCNCC3)cn2)c2cc[nH]c2n1. The topological polar surface area (TPSA) is 53.6 Å². The summed E-state index contributed by atoms with van der Waals surface area (Å²) in [5.74, 6) is 0.650. The molecule has 0 bridgehead atoms. The Bertz CT molecular complexity index is 739. The Morgan fingerprint density at radius 2 is 1.90 bits per heavy atom. The summed E-state index contributed by atoms with van der Waals surface area (Å²) >= 11 is 0. The standard InChI is InChI=1S/C17H18N4/c1-2-16(14-5-9-19-17-15(14)6-10-20-17)21-11-13(1)12-3-7-18-8-4-12/h1-2,5-6,9-12,18H,3-4,7-8H2,(H,19,20). The van der Waals surface area contributed by atoms with Crippen LogP contribution in [0.25, 0.3) is 22.3 Å². The Balaban J connectivity index is 1.68. The number of aromatic amines is 1. The van der Waals surface area contributed by atoms with Gasteiger partial charge in [0.2, 0.25) is 0 Å². The van der Waals surface area contributed by atoms with E-state index in [2.05, 4.69) is 33.5 Å². The molecule has 4 heteroatoms. The molecular weight excluding hydrogens is 260 g/mol. The maximum Gasteiger partial charge on any atom is 0.137 e. The monoisotopic (exact) mass is 278 g/mol. The van der Waals surface area contributed by atoms with Crippen molar-refractivity contribution in [2.75, 3.05) is 13.1 Å². The highest BCUT2D eigenvalue weighted by Crippen LogP contribution is 2.28. The van der Waals surface area contributed by atoms with Crippen LogP contribution in [0.2, 0.25) is 0 Å². The van der Waals surface area contributed by atoms with E-state index in [1.54, 1.807) is 0 Å². The van der Waals surface area contributed by atoms with E-state index >= 15 is 0 Å². The van der Waals surface area contributed by atoms with Crippen LogP contribution in [-0.2, 0) is 0 Å². The lowest BCUT2D eigenvalue weighted by molar-refractivity contribution is 0.459. The van der Waals surface area contributed by atoms with Crippen LogP contribution in [0, 0.1) is 0 Å². The highest BCUT2D eigenvalue weighted by atomic mass is 14.9. The molecule has 1 aliphatic rings. The van der Waals surface area contributed by atoms with Crippen molar-refractivity contribution in [3.63, 3.8) is 0 Å². The summed E-state index contributed by atoms with van der Waals surface area (Å²) in [5, 5.41) is 4.53. The first kappa shape index (κ1) is 12.5. The summed E-state index contributed by atoms with van der Waals surface area (Å²) in [6, 6.07) is 8.46. The van der Waals surface area contributed by atoms with Crippen molar-refractivity contribution >= 4 is 11.0 Å². The van der Waals surface area contributed by atoms with E-state index in [1.165, 1.54) is 18.4 Å². The number of nitrogens with zero attached hydrogens (tertiary/aromatic N) is 2. The minimum Gasteiger partial charge on any atom is -0.346 e. The lowest BCUT2D eigenvalue weighted by Gasteiger charge is -2.22. The smallest absolute Gasteiger partial charge is 0.137 e. The van der Waals surface area contributed by atoms with Crippen molar-refractivity contribution in [2.45, 2.75) is 18.8 Å². The van der Waals surface area contributed by atoms with Gasteiger partial charge in [-0.05, 0) is 55.6 Å². The third-order valence-corrected chi connectivity index (χ3v) is 4.33. The largest absolute Gasteiger partial charge is 0.346 e. The molecule has 3 aromatic rings. The van der Waals surface area contributed by atoms with E-state index < -0.39 is 0 Å². The van der Waals surface area contributed by atoms with Crippen LogP contribution >= 0.6 is 0 Å². The quantitative estimate of drug-likeness (QED) is 0.757. The first-order chi connectivity index (χ1) is 10.4. The highest BCUT2D eigenvalue weighted by molar-refractivity contribution is 5.91. The Hall–Kier alpha value is -2.20. The van der Waals surface area contributed by atoms with Crippen LogP contribution in [-0.4, -0.2) is 28.0 Å². The molecule has 4 rings (SSSR count). The van der Waals surface area contributed by atoms with E-state index in [4.69, 9.17) is 4.98 Å². The fraction of sp³-hybridized carbons (Fsp3) is 0.294. The van der Waals surface area contributed by atoms with Crippen LogP contribution < -0.4 is 5.32 Å². The number of pyridine rings is 2. The molecule has 0 saturated carbocycles. The molecule has 4 nitrogen and oxygen atoms in total. The van der Waals surface area contributed by atoms with Gasteiger partial charge in [0, 0.05) is 29.5 Å². The van der Waals surface area contributed by atoms with E-state index in [-0.39, 0.29) is 0 Å². The minimum absolute atomic E-state index is 0.650. The number of H-pyrrole nitrogens is 1. The number of rotatable bonds is 2. The van der Waals surface area contributed by atoms with Crippen molar-refractivity contribution < 1.29 is 0 Å². The number of hydrogen-bond donors (Lipinski definition) is 2. The van der Waals surface area contributed by atoms with Crippen LogP contribution in [0.4, 0.5) is 0 Å². The Morgan fingerprint density at radius 3 is 2.71 bits per heavy atom.